The smallest absolute Gasteiger partial charge is 0.309 e. The lowest BCUT2D eigenvalue weighted by molar-refractivity contribution is -0.144. The third kappa shape index (κ3) is 3.44. The molecule has 0 unspecified atom stereocenters. The van der Waals surface area contributed by atoms with Crippen molar-refractivity contribution in [3.63, 3.8) is 0 Å². The summed E-state index contributed by atoms with van der Waals surface area (Å²) in [6.07, 6.45) is 4.13. The highest BCUT2D eigenvalue weighted by atomic mass is 127. The Kier molecular flexibility index (Phi) is 4.83. The Morgan fingerprint density at radius 1 is 1.24 bits per heavy atom. The van der Waals surface area contributed by atoms with Crippen LogP contribution in [0.3, 0.4) is 0 Å². The lowest BCUT2D eigenvalue weighted by Gasteiger charge is -2.08. The van der Waals surface area contributed by atoms with Gasteiger partial charge in [-0.2, -0.15) is 0 Å². The van der Waals surface area contributed by atoms with E-state index < -0.39 is 0 Å². The zero-order chi connectivity index (χ0) is 12.1. The molecular formula is C14H17IO2. The second-order valence-corrected chi connectivity index (χ2v) is 5.53. The highest BCUT2D eigenvalue weighted by molar-refractivity contribution is 14.1. The molecule has 1 aliphatic heterocycles. The van der Waals surface area contributed by atoms with E-state index >= 15 is 0 Å². The van der Waals surface area contributed by atoms with Crippen molar-refractivity contribution in [2.75, 3.05) is 4.43 Å². The molecule has 1 aromatic rings. The normalized spacial score (nSPS) is 23.7. The van der Waals surface area contributed by atoms with Crippen LogP contribution in [0, 0.1) is 5.92 Å². The fourth-order valence-electron chi connectivity index (χ4n) is 2.23. The van der Waals surface area contributed by atoms with E-state index in [0.29, 0.717) is 0 Å². The molecule has 17 heavy (non-hydrogen) atoms. The molecule has 0 N–H and O–H groups in total. The van der Waals surface area contributed by atoms with Crippen LogP contribution in [0.2, 0.25) is 0 Å². The summed E-state index contributed by atoms with van der Waals surface area (Å²) in [6, 6.07) is 10.0. The molecule has 0 bridgehead atoms. The van der Waals surface area contributed by atoms with E-state index in [0.717, 1.165) is 24.8 Å². The van der Waals surface area contributed by atoms with Crippen LogP contribution in [0.4, 0.5) is 0 Å². The number of benzene rings is 1. The molecule has 92 valence electrons. The Hall–Kier alpha value is -0.580. The molecule has 1 fully saturated rings. The van der Waals surface area contributed by atoms with Crippen LogP contribution in [0.1, 0.15) is 37.4 Å². The number of ether oxygens (including phenoxy) is 1. The summed E-state index contributed by atoms with van der Waals surface area (Å²) in [4.78, 5) is 11.7. The number of carbonyl (C=O) groups excluding carboxylic acids is 1. The molecule has 2 atom stereocenters. The molecule has 0 spiro atoms. The fourth-order valence-corrected chi connectivity index (χ4v) is 2.77. The number of halogens is 1. The molecule has 1 aliphatic rings. The van der Waals surface area contributed by atoms with Crippen molar-refractivity contribution in [1.29, 1.82) is 0 Å². The zero-order valence-electron chi connectivity index (χ0n) is 9.77. The Morgan fingerprint density at radius 2 is 2.00 bits per heavy atom. The van der Waals surface area contributed by atoms with Crippen LogP contribution in [0.15, 0.2) is 30.3 Å². The number of alkyl halides is 1. The van der Waals surface area contributed by atoms with E-state index in [1.165, 1.54) is 10.8 Å². The standard InChI is InChI=1S/C14H17IO2/c15-9-5-4-8-12-10-13(17-14(12)16)11-6-2-1-3-7-11/h1-3,6-7,12-13H,4-5,8-10H2/t12-,13-/m1/s1. The van der Waals surface area contributed by atoms with Gasteiger partial charge in [0.05, 0.1) is 5.92 Å². The maximum atomic E-state index is 11.7. The molecular weight excluding hydrogens is 327 g/mol. The first kappa shape index (κ1) is 12.9. The van der Waals surface area contributed by atoms with Gasteiger partial charge in [0.15, 0.2) is 0 Å². The molecule has 1 aromatic carbocycles. The van der Waals surface area contributed by atoms with E-state index in [9.17, 15) is 4.79 Å². The summed E-state index contributed by atoms with van der Waals surface area (Å²) in [5.41, 5.74) is 1.12. The average molecular weight is 344 g/mol. The van der Waals surface area contributed by atoms with Gasteiger partial charge in [-0.15, -0.1) is 0 Å². The van der Waals surface area contributed by atoms with Crippen LogP contribution >= 0.6 is 22.6 Å². The van der Waals surface area contributed by atoms with E-state index in [4.69, 9.17) is 4.74 Å². The molecule has 2 nitrogen and oxygen atoms in total. The minimum Gasteiger partial charge on any atom is -0.457 e. The molecule has 0 amide bonds. The van der Waals surface area contributed by atoms with Gasteiger partial charge < -0.3 is 4.74 Å². The maximum Gasteiger partial charge on any atom is 0.309 e. The van der Waals surface area contributed by atoms with Gasteiger partial charge in [-0.1, -0.05) is 59.3 Å². The summed E-state index contributed by atoms with van der Waals surface area (Å²) < 4.78 is 6.62. The molecule has 3 heteroatoms. The van der Waals surface area contributed by atoms with Crippen molar-refractivity contribution in [2.24, 2.45) is 5.92 Å². The minimum atomic E-state index is -0.0201. The third-order valence-corrected chi connectivity index (χ3v) is 3.96. The molecule has 0 aliphatic carbocycles. The predicted molar refractivity (Wildman–Crippen MR) is 76.1 cm³/mol. The number of esters is 1. The Labute approximate surface area is 116 Å². The Balaban J connectivity index is 1.91. The van der Waals surface area contributed by atoms with Crippen LogP contribution in [-0.4, -0.2) is 10.4 Å². The highest BCUT2D eigenvalue weighted by Crippen LogP contribution is 2.35. The van der Waals surface area contributed by atoms with Gasteiger partial charge in [-0.3, -0.25) is 4.79 Å². The molecule has 0 saturated carbocycles. The van der Waals surface area contributed by atoms with Crippen molar-refractivity contribution in [2.45, 2.75) is 31.8 Å². The van der Waals surface area contributed by atoms with Crippen LogP contribution in [0.5, 0.6) is 0 Å². The average Bonchev–Trinajstić information content (AvgIpc) is 2.73. The summed E-state index contributed by atoms with van der Waals surface area (Å²) in [6.45, 7) is 0. The number of hydrogen-bond donors (Lipinski definition) is 0. The summed E-state index contributed by atoms with van der Waals surface area (Å²) in [7, 11) is 0. The van der Waals surface area contributed by atoms with E-state index in [-0.39, 0.29) is 18.0 Å². The topological polar surface area (TPSA) is 26.3 Å². The van der Waals surface area contributed by atoms with Crippen molar-refractivity contribution >= 4 is 28.6 Å². The second kappa shape index (κ2) is 6.38. The van der Waals surface area contributed by atoms with Gasteiger partial charge in [-0.25, -0.2) is 0 Å². The maximum absolute atomic E-state index is 11.7. The monoisotopic (exact) mass is 344 g/mol. The number of hydrogen-bond acceptors (Lipinski definition) is 2. The quantitative estimate of drug-likeness (QED) is 0.351. The van der Waals surface area contributed by atoms with Gasteiger partial charge in [0.2, 0.25) is 0 Å². The number of unbranched alkanes of at least 4 members (excludes halogenated alkanes) is 1. The Morgan fingerprint density at radius 3 is 2.71 bits per heavy atom. The third-order valence-electron chi connectivity index (χ3n) is 3.20. The van der Waals surface area contributed by atoms with Gasteiger partial charge in [-0.05, 0) is 22.8 Å². The first-order chi connectivity index (χ1) is 8.31. The van der Waals surface area contributed by atoms with E-state index in [1.807, 2.05) is 30.3 Å². The molecule has 2 rings (SSSR count). The predicted octanol–water partition coefficient (Wildman–Crippen LogP) is 3.90. The van der Waals surface area contributed by atoms with Crippen LogP contribution in [-0.2, 0) is 9.53 Å². The fraction of sp³-hybridized carbons (Fsp3) is 0.500. The van der Waals surface area contributed by atoms with Gasteiger partial charge in [0.1, 0.15) is 6.10 Å². The number of cyclic esters (lactones) is 1. The Bertz CT molecular complexity index is 364. The number of rotatable bonds is 5. The van der Waals surface area contributed by atoms with E-state index in [2.05, 4.69) is 22.6 Å². The van der Waals surface area contributed by atoms with Gasteiger partial charge in [0, 0.05) is 6.42 Å². The first-order valence-electron chi connectivity index (χ1n) is 6.12. The van der Waals surface area contributed by atoms with Crippen molar-refractivity contribution in [3.05, 3.63) is 35.9 Å². The zero-order valence-corrected chi connectivity index (χ0v) is 11.9. The van der Waals surface area contributed by atoms with Crippen LogP contribution < -0.4 is 0 Å². The van der Waals surface area contributed by atoms with Gasteiger partial charge in [0.25, 0.3) is 0 Å². The first-order valence-corrected chi connectivity index (χ1v) is 7.65. The summed E-state index contributed by atoms with van der Waals surface area (Å²) >= 11 is 2.38. The molecule has 0 radical (unpaired) electrons. The summed E-state index contributed by atoms with van der Waals surface area (Å²) in [5, 5.41) is 0. The van der Waals surface area contributed by atoms with Crippen molar-refractivity contribution < 1.29 is 9.53 Å². The second-order valence-electron chi connectivity index (χ2n) is 4.45. The van der Waals surface area contributed by atoms with Crippen molar-refractivity contribution in [1.82, 2.24) is 0 Å². The van der Waals surface area contributed by atoms with Gasteiger partial charge >= 0.3 is 5.97 Å². The SMILES string of the molecule is O=C1O[C@@H](c2ccccc2)C[C@H]1CCCCI. The molecule has 0 aromatic heterocycles. The summed E-state index contributed by atoms with van der Waals surface area (Å²) in [5.74, 6) is 0.107. The minimum absolute atomic E-state index is 0.00712. The van der Waals surface area contributed by atoms with Crippen LogP contribution in [0.25, 0.3) is 0 Å². The largest absolute Gasteiger partial charge is 0.457 e. The molecule has 1 saturated heterocycles. The lowest BCUT2D eigenvalue weighted by atomic mass is 9.96. The van der Waals surface area contributed by atoms with E-state index in [1.54, 1.807) is 0 Å². The highest BCUT2D eigenvalue weighted by Gasteiger charge is 2.34. The number of carbonyl (C=O) groups is 1. The van der Waals surface area contributed by atoms with Crippen molar-refractivity contribution in [3.8, 4) is 0 Å². The lowest BCUT2D eigenvalue weighted by Crippen LogP contribution is -2.07. The molecule has 1 heterocycles.